The molecule has 0 aliphatic heterocycles. The summed E-state index contributed by atoms with van der Waals surface area (Å²) in [4.78, 5) is 0. The van der Waals surface area contributed by atoms with E-state index in [2.05, 4.69) is 5.73 Å². The van der Waals surface area contributed by atoms with Gasteiger partial charge in [-0.3, -0.25) is 0 Å². The quantitative estimate of drug-likeness (QED) is 0.503. The van der Waals surface area contributed by atoms with Gasteiger partial charge < -0.3 is 5.73 Å². The summed E-state index contributed by atoms with van der Waals surface area (Å²) in [5.41, 5.74) is 4.18. The molecule has 0 saturated heterocycles. The highest BCUT2D eigenvalue weighted by Gasteiger charge is 2.23. The Balaban J connectivity index is 0. The van der Waals surface area contributed by atoms with Gasteiger partial charge in [-0.1, -0.05) is 7.43 Å². The van der Waals surface area contributed by atoms with E-state index in [4.69, 9.17) is 0 Å². The lowest BCUT2D eigenvalue weighted by molar-refractivity contribution is -0.118. The molecular formula is C3H8F3N. The topological polar surface area (TPSA) is 26.0 Å². The van der Waals surface area contributed by atoms with E-state index < -0.39 is 12.7 Å². The maximum Gasteiger partial charge on any atom is 0.400 e. The first kappa shape index (κ1) is 9.89. The van der Waals surface area contributed by atoms with E-state index in [9.17, 15) is 13.2 Å². The number of alkyl halides is 3. The first-order valence-electron chi connectivity index (χ1n) is 1.33. The summed E-state index contributed by atoms with van der Waals surface area (Å²) < 4.78 is 32.0. The maximum absolute atomic E-state index is 10.7. The van der Waals surface area contributed by atoms with Gasteiger partial charge in [0.05, 0.1) is 6.54 Å². The van der Waals surface area contributed by atoms with Crippen molar-refractivity contribution < 1.29 is 13.2 Å². The van der Waals surface area contributed by atoms with Crippen LogP contribution in [0.2, 0.25) is 0 Å². The van der Waals surface area contributed by atoms with Crippen molar-refractivity contribution >= 4 is 0 Å². The number of hydrogen-bond acceptors (Lipinski definition) is 1. The molecule has 4 heteroatoms. The van der Waals surface area contributed by atoms with Crippen LogP contribution < -0.4 is 5.73 Å². The molecule has 0 aromatic heterocycles. The molecule has 0 aromatic rings. The lowest BCUT2D eigenvalue weighted by Gasteiger charge is -1.96. The van der Waals surface area contributed by atoms with Crippen molar-refractivity contribution in [3.05, 3.63) is 0 Å². The van der Waals surface area contributed by atoms with Gasteiger partial charge >= 0.3 is 6.18 Å². The highest BCUT2D eigenvalue weighted by Crippen LogP contribution is 2.10. The maximum atomic E-state index is 10.7. The molecule has 0 aliphatic rings. The summed E-state index contributed by atoms with van der Waals surface area (Å²) in [6.45, 7) is -1.23. The van der Waals surface area contributed by atoms with Crippen LogP contribution in [0.4, 0.5) is 13.2 Å². The molecule has 0 saturated carbocycles. The molecule has 0 fully saturated rings. The minimum absolute atomic E-state index is 0. The van der Waals surface area contributed by atoms with Crippen molar-refractivity contribution in [2.45, 2.75) is 13.6 Å². The van der Waals surface area contributed by atoms with Gasteiger partial charge in [0.1, 0.15) is 0 Å². The van der Waals surface area contributed by atoms with Crippen LogP contribution in [-0.2, 0) is 0 Å². The fraction of sp³-hybridized carbons (Fsp3) is 1.00. The fourth-order valence-electron chi connectivity index (χ4n) is 0. The Morgan fingerprint density at radius 2 is 1.43 bits per heavy atom. The second kappa shape index (κ2) is 2.85. The minimum Gasteiger partial charge on any atom is -0.323 e. The van der Waals surface area contributed by atoms with Crippen LogP contribution in [0.5, 0.6) is 0 Å². The molecular weight excluding hydrogens is 107 g/mol. The molecule has 0 rings (SSSR count). The highest BCUT2D eigenvalue weighted by molar-refractivity contribution is 4.44. The number of hydrogen-bond donors (Lipinski definition) is 1. The summed E-state index contributed by atoms with van der Waals surface area (Å²) in [6.07, 6.45) is -4.18. The van der Waals surface area contributed by atoms with Crippen LogP contribution in [0, 0.1) is 0 Å². The molecule has 0 unspecified atom stereocenters. The zero-order valence-corrected chi connectivity index (χ0v) is 2.92. The van der Waals surface area contributed by atoms with Crippen LogP contribution in [0.15, 0.2) is 0 Å². The first-order valence-corrected chi connectivity index (χ1v) is 1.33. The average Bonchev–Trinajstić information content (AvgIpc) is 1.35. The Hall–Kier alpha value is -0.250. The number of nitrogens with two attached hydrogens (primary N) is 1. The van der Waals surface area contributed by atoms with Crippen LogP contribution in [0.1, 0.15) is 7.43 Å². The van der Waals surface area contributed by atoms with E-state index in [0.717, 1.165) is 0 Å². The third-order valence-corrected chi connectivity index (χ3v) is 0.231. The van der Waals surface area contributed by atoms with E-state index in [1.165, 1.54) is 0 Å². The molecule has 0 aliphatic carbocycles. The first-order chi connectivity index (χ1) is 2.56. The Bertz CT molecular complexity index is 39.9. The van der Waals surface area contributed by atoms with Crippen LogP contribution in [0.3, 0.4) is 0 Å². The highest BCUT2D eigenvalue weighted by atomic mass is 19.4. The Morgan fingerprint density at radius 3 is 1.43 bits per heavy atom. The molecule has 0 atom stereocenters. The summed E-state index contributed by atoms with van der Waals surface area (Å²) in [6, 6.07) is 0. The van der Waals surface area contributed by atoms with E-state index >= 15 is 0 Å². The van der Waals surface area contributed by atoms with Gasteiger partial charge in [-0.2, -0.15) is 13.2 Å². The zero-order valence-electron chi connectivity index (χ0n) is 2.92. The van der Waals surface area contributed by atoms with Crippen molar-refractivity contribution in [1.82, 2.24) is 0 Å². The van der Waals surface area contributed by atoms with Crippen molar-refractivity contribution in [2.24, 2.45) is 5.73 Å². The van der Waals surface area contributed by atoms with E-state index in [-0.39, 0.29) is 7.43 Å². The van der Waals surface area contributed by atoms with Crippen molar-refractivity contribution in [2.75, 3.05) is 6.54 Å². The predicted molar refractivity (Wildman–Crippen MR) is 21.8 cm³/mol. The average molecular weight is 115 g/mol. The summed E-state index contributed by atoms with van der Waals surface area (Å²) >= 11 is 0. The SMILES string of the molecule is C.NCC(F)(F)F. The van der Waals surface area contributed by atoms with E-state index in [1.54, 1.807) is 0 Å². The van der Waals surface area contributed by atoms with Gasteiger partial charge in [0.15, 0.2) is 0 Å². The lowest BCUT2D eigenvalue weighted by Crippen LogP contribution is -2.21. The molecule has 2 N–H and O–H groups in total. The standard InChI is InChI=1S/C2H4F3N.CH4/c3-2(4,5)1-6;/h1,6H2;1H4. The summed E-state index contributed by atoms with van der Waals surface area (Å²) in [5, 5.41) is 0. The molecule has 0 heterocycles. The van der Waals surface area contributed by atoms with Crippen molar-refractivity contribution in [3.8, 4) is 0 Å². The zero-order chi connectivity index (χ0) is 5.21. The van der Waals surface area contributed by atoms with E-state index in [0.29, 0.717) is 0 Å². The third-order valence-electron chi connectivity index (χ3n) is 0.231. The lowest BCUT2D eigenvalue weighted by atomic mass is 10.7. The van der Waals surface area contributed by atoms with Crippen molar-refractivity contribution in [3.63, 3.8) is 0 Å². The largest absolute Gasteiger partial charge is 0.400 e. The van der Waals surface area contributed by atoms with Crippen molar-refractivity contribution in [1.29, 1.82) is 0 Å². The minimum atomic E-state index is -4.18. The van der Waals surface area contributed by atoms with Gasteiger partial charge in [-0.15, -0.1) is 0 Å². The van der Waals surface area contributed by atoms with Gasteiger partial charge in [0.25, 0.3) is 0 Å². The normalized spacial score (nSPS) is 10.3. The molecule has 0 aromatic carbocycles. The molecule has 0 spiro atoms. The molecule has 46 valence electrons. The molecule has 0 radical (unpaired) electrons. The predicted octanol–water partition coefficient (Wildman–Crippen LogP) is 1.14. The monoisotopic (exact) mass is 115 g/mol. The molecule has 0 amide bonds. The molecule has 0 bridgehead atoms. The third kappa shape index (κ3) is 10.7. The summed E-state index contributed by atoms with van der Waals surface area (Å²) in [7, 11) is 0. The van der Waals surface area contributed by atoms with Gasteiger partial charge in [-0.25, -0.2) is 0 Å². The molecule has 1 nitrogen and oxygen atoms in total. The van der Waals surface area contributed by atoms with Crippen LogP contribution in [-0.4, -0.2) is 12.7 Å². The summed E-state index contributed by atoms with van der Waals surface area (Å²) in [5.74, 6) is 0. The Labute approximate surface area is 40.3 Å². The number of rotatable bonds is 0. The molecule has 7 heavy (non-hydrogen) atoms. The van der Waals surface area contributed by atoms with Crippen LogP contribution in [0.25, 0.3) is 0 Å². The van der Waals surface area contributed by atoms with Crippen LogP contribution >= 0.6 is 0 Å². The second-order valence-corrected chi connectivity index (χ2v) is 0.819. The second-order valence-electron chi connectivity index (χ2n) is 0.819. The van der Waals surface area contributed by atoms with E-state index in [1.807, 2.05) is 0 Å². The van der Waals surface area contributed by atoms with Gasteiger partial charge in [0, 0.05) is 0 Å². The Kier molecular flexibility index (Phi) is 4.02. The number of halogens is 3. The fourth-order valence-corrected chi connectivity index (χ4v) is 0. The van der Waals surface area contributed by atoms with Gasteiger partial charge in [0.2, 0.25) is 0 Å². The van der Waals surface area contributed by atoms with Gasteiger partial charge in [-0.05, 0) is 0 Å². The Morgan fingerprint density at radius 1 is 1.29 bits per heavy atom. The smallest absolute Gasteiger partial charge is 0.323 e.